The van der Waals surface area contributed by atoms with E-state index in [4.69, 9.17) is 0 Å². The molecule has 1 unspecified atom stereocenters. The molecule has 5 heteroatoms. The molecule has 124 valence electrons. The molecule has 2 fully saturated rings. The van der Waals surface area contributed by atoms with E-state index in [0.717, 1.165) is 37.5 Å². The lowest BCUT2D eigenvalue weighted by Crippen LogP contribution is -2.54. The van der Waals surface area contributed by atoms with E-state index in [1.807, 2.05) is 30.3 Å². The third-order valence-electron chi connectivity index (χ3n) is 4.75. The minimum atomic E-state index is -0.348. The lowest BCUT2D eigenvalue weighted by molar-refractivity contribution is -0.138. The summed E-state index contributed by atoms with van der Waals surface area (Å²) >= 11 is 0. The molecule has 2 aliphatic rings. The Morgan fingerprint density at radius 3 is 2.70 bits per heavy atom. The minimum absolute atomic E-state index is 0.00101. The second kappa shape index (κ2) is 7.13. The van der Waals surface area contributed by atoms with E-state index in [1.54, 1.807) is 16.8 Å². The van der Waals surface area contributed by atoms with Gasteiger partial charge in [0.1, 0.15) is 6.04 Å². The summed E-state index contributed by atoms with van der Waals surface area (Å²) in [6.45, 7) is 1.96. The van der Waals surface area contributed by atoms with Gasteiger partial charge < -0.3 is 15.1 Å². The van der Waals surface area contributed by atoms with Crippen LogP contribution in [0.25, 0.3) is 0 Å². The molecule has 1 aliphatic carbocycles. The summed E-state index contributed by atoms with van der Waals surface area (Å²) in [6.07, 6.45) is 4.19. The first kappa shape index (κ1) is 16.0. The number of rotatable bonds is 6. The monoisotopic (exact) mass is 315 g/mol. The Bertz CT molecular complexity index is 557. The van der Waals surface area contributed by atoms with Crippen molar-refractivity contribution in [3.8, 4) is 0 Å². The molecule has 1 N–H and O–H groups in total. The highest BCUT2D eigenvalue weighted by molar-refractivity contribution is 6.00. The molecule has 1 heterocycles. The Kier molecular flexibility index (Phi) is 4.96. The number of likely N-dealkylation sites (N-methyl/N-ethyl adjacent to an activating group) is 1. The van der Waals surface area contributed by atoms with Crippen LogP contribution in [0, 0.1) is 5.92 Å². The predicted octanol–water partition coefficient (Wildman–Crippen LogP) is 1.64. The molecule has 1 aromatic carbocycles. The van der Waals surface area contributed by atoms with Gasteiger partial charge in [0, 0.05) is 19.3 Å². The topological polar surface area (TPSA) is 52.7 Å². The first-order valence-corrected chi connectivity index (χ1v) is 8.49. The minimum Gasteiger partial charge on any atom is -0.333 e. The van der Waals surface area contributed by atoms with E-state index in [-0.39, 0.29) is 17.9 Å². The number of hydrogen-bond acceptors (Lipinski definition) is 3. The fourth-order valence-electron chi connectivity index (χ4n) is 3.08. The number of amides is 2. The fourth-order valence-corrected chi connectivity index (χ4v) is 3.08. The van der Waals surface area contributed by atoms with Gasteiger partial charge in [0.2, 0.25) is 11.8 Å². The van der Waals surface area contributed by atoms with Gasteiger partial charge in [0.15, 0.2) is 0 Å². The second-order valence-electron chi connectivity index (χ2n) is 6.56. The molecule has 5 nitrogen and oxygen atoms in total. The fraction of sp³-hybridized carbons (Fsp3) is 0.556. The van der Waals surface area contributed by atoms with Crippen molar-refractivity contribution in [1.29, 1.82) is 0 Å². The van der Waals surface area contributed by atoms with Gasteiger partial charge in [-0.3, -0.25) is 9.59 Å². The Balaban J connectivity index is 1.59. The normalized spacial score (nSPS) is 21.3. The quantitative estimate of drug-likeness (QED) is 0.868. The Hall–Kier alpha value is -1.88. The van der Waals surface area contributed by atoms with Gasteiger partial charge in [-0.05, 0) is 50.3 Å². The Labute approximate surface area is 137 Å². The second-order valence-corrected chi connectivity index (χ2v) is 6.56. The molecule has 23 heavy (non-hydrogen) atoms. The van der Waals surface area contributed by atoms with Crippen molar-refractivity contribution < 1.29 is 9.59 Å². The van der Waals surface area contributed by atoms with Gasteiger partial charge in [-0.2, -0.15) is 0 Å². The van der Waals surface area contributed by atoms with Crippen molar-refractivity contribution in [2.24, 2.45) is 5.92 Å². The molecule has 1 saturated carbocycles. The molecule has 0 radical (unpaired) electrons. The molecule has 1 aliphatic heterocycles. The number of carbonyl (C=O) groups excluding carboxylic acids is 2. The van der Waals surface area contributed by atoms with E-state index in [1.165, 1.54) is 12.8 Å². The zero-order chi connectivity index (χ0) is 16.2. The summed E-state index contributed by atoms with van der Waals surface area (Å²) < 4.78 is 0. The number of carbonyl (C=O) groups is 2. The number of anilines is 1. The molecular formula is C18H25N3O2. The van der Waals surface area contributed by atoms with Gasteiger partial charge in [-0.15, -0.1) is 0 Å². The van der Waals surface area contributed by atoms with E-state index < -0.39 is 0 Å². The number of nitrogens with one attached hydrogen (secondary N) is 1. The van der Waals surface area contributed by atoms with Crippen molar-refractivity contribution in [2.75, 3.05) is 31.6 Å². The van der Waals surface area contributed by atoms with Crippen LogP contribution in [0.1, 0.15) is 25.7 Å². The summed E-state index contributed by atoms with van der Waals surface area (Å²) in [5.41, 5.74) is 0.912. The molecule has 3 rings (SSSR count). The van der Waals surface area contributed by atoms with Crippen molar-refractivity contribution >= 4 is 17.5 Å². The van der Waals surface area contributed by atoms with Crippen LogP contribution in [0.4, 0.5) is 5.69 Å². The maximum absolute atomic E-state index is 12.8. The van der Waals surface area contributed by atoms with E-state index in [9.17, 15) is 9.59 Å². The number of piperidine rings is 1. The van der Waals surface area contributed by atoms with E-state index >= 15 is 0 Å². The highest BCUT2D eigenvalue weighted by Gasteiger charge is 2.34. The van der Waals surface area contributed by atoms with E-state index in [0.29, 0.717) is 6.54 Å². The van der Waals surface area contributed by atoms with Crippen molar-refractivity contribution in [3.63, 3.8) is 0 Å². The SMILES string of the molecule is CN(C(=O)CNCC1CC1)C1CCCN(c2ccccc2)C1=O. The average Bonchev–Trinajstić information content (AvgIpc) is 3.39. The molecule has 1 atom stereocenters. The lowest BCUT2D eigenvalue weighted by Gasteiger charge is -2.36. The third-order valence-corrected chi connectivity index (χ3v) is 4.75. The number of hydrogen-bond donors (Lipinski definition) is 1. The maximum atomic E-state index is 12.8. The number of benzene rings is 1. The van der Waals surface area contributed by atoms with Crippen LogP contribution in [0.3, 0.4) is 0 Å². The first-order chi connectivity index (χ1) is 11.2. The summed E-state index contributed by atoms with van der Waals surface area (Å²) in [4.78, 5) is 28.5. The summed E-state index contributed by atoms with van der Waals surface area (Å²) in [6, 6.07) is 9.35. The molecular weight excluding hydrogens is 290 g/mol. The van der Waals surface area contributed by atoms with Crippen LogP contribution in [-0.4, -0.2) is 49.4 Å². The van der Waals surface area contributed by atoms with Crippen LogP contribution in [-0.2, 0) is 9.59 Å². The van der Waals surface area contributed by atoms with Crippen molar-refractivity contribution in [3.05, 3.63) is 30.3 Å². The Morgan fingerprint density at radius 2 is 2.00 bits per heavy atom. The van der Waals surface area contributed by atoms with Crippen LogP contribution >= 0.6 is 0 Å². The molecule has 1 saturated heterocycles. The zero-order valence-electron chi connectivity index (χ0n) is 13.7. The zero-order valence-corrected chi connectivity index (χ0v) is 13.7. The van der Waals surface area contributed by atoms with Gasteiger partial charge in [-0.25, -0.2) is 0 Å². The summed E-state index contributed by atoms with van der Waals surface area (Å²) in [5, 5.41) is 3.21. The van der Waals surface area contributed by atoms with Gasteiger partial charge in [0.25, 0.3) is 0 Å². The lowest BCUT2D eigenvalue weighted by atomic mass is 10.0. The standard InChI is InChI=1S/C18H25N3O2/c1-20(17(22)13-19-12-14-9-10-14)16-8-5-11-21(18(16)23)15-6-3-2-4-7-15/h2-4,6-7,14,16,19H,5,8-13H2,1H3. The van der Waals surface area contributed by atoms with Gasteiger partial charge in [0.05, 0.1) is 6.54 Å². The van der Waals surface area contributed by atoms with Crippen molar-refractivity contribution in [2.45, 2.75) is 31.7 Å². The van der Waals surface area contributed by atoms with Gasteiger partial charge >= 0.3 is 0 Å². The highest BCUT2D eigenvalue weighted by atomic mass is 16.2. The van der Waals surface area contributed by atoms with Crippen LogP contribution < -0.4 is 10.2 Å². The highest BCUT2D eigenvalue weighted by Crippen LogP contribution is 2.27. The Morgan fingerprint density at radius 1 is 1.26 bits per heavy atom. The number of para-hydroxylation sites is 1. The number of nitrogens with zero attached hydrogens (tertiary/aromatic N) is 2. The van der Waals surface area contributed by atoms with Crippen LogP contribution in [0.5, 0.6) is 0 Å². The smallest absolute Gasteiger partial charge is 0.249 e. The molecule has 2 amide bonds. The van der Waals surface area contributed by atoms with Crippen LogP contribution in [0.15, 0.2) is 30.3 Å². The molecule has 0 aromatic heterocycles. The maximum Gasteiger partial charge on any atom is 0.249 e. The molecule has 1 aromatic rings. The predicted molar refractivity (Wildman–Crippen MR) is 90.2 cm³/mol. The van der Waals surface area contributed by atoms with E-state index in [2.05, 4.69) is 5.32 Å². The van der Waals surface area contributed by atoms with Crippen LogP contribution in [0.2, 0.25) is 0 Å². The largest absolute Gasteiger partial charge is 0.333 e. The summed E-state index contributed by atoms with van der Waals surface area (Å²) in [7, 11) is 1.75. The van der Waals surface area contributed by atoms with Gasteiger partial charge in [-0.1, -0.05) is 18.2 Å². The van der Waals surface area contributed by atoms with Crippen molar-refractivity contribution in [1.82, 2.24) is 10.2 Å². The average molecular weight is 315 g/mol. The third kappa shape index (κ3) is 3.91. The first-order valence-electron chi connectivity index (χ1n) is 8.49. The summed E-state index contributed by atoms with van der Waals surface area (Å²) in [5.74, 6) is 0.775. The molecule has 0 bridgehead atoms. The molecule has 0 spiro atoms.